The minimum Gasteiger partial charge on any atom is -0.508 e. The quantitative estimate of drug-likeness (QED) is 0.326. The maximum Gasteiger partial charge on any atom is 0.300 e. The number of aliphatic hydroxyl groups is 1. The van der Waals surface area contributed by atoms with Crippen LogP contribution in [0.5, 0.6) is 5.75 Å². The number of phenolic OH excluding ortho intramolecular Hbond substituents is 1. The molecule has 1 unspecified atom stereocenters. The number of nitriles is 1. The second-order valence-electron chi connectivity index (χ2n) is 6.93. The fourth-order valence-electron chi connectivity index (χ4n) is 3.57. The molecule has 1 saturated heterocycles. The number of phenols is 1. The molecule has 2 N–H and O–H groups in total. The first-order chi connectivity index (χ1) is 14.9. The van der Waals surface area contributed by atoms with Crippen molar-refractivity contribution >= 4 is 39.1 Å². The predicted octanol–water partition coefficient (Wildman–Crippen LogP) is 4.65. The van der Waals surface area contributed by atoms with Crippen molar-refractivity contribution in [1.29, 1.82) is 5.26 Å². The molecule has 1 atom stereocenters. The van der Waals surface area contributed by atoms with Crippen LogP contribution in [0.4, 0.5) is 5.69 Å². The largest absolute Gasteiger partial charge is 0.508 e. The molecule has 1 aliphatic rings. The highest BCUT2D eigenvalue weighted by atomic mass is 79.9. The molecule has 6 nitrogen and oxygen atoms in total. The van der Waals surface area contributed by atoms with Gasteiger partial charge in [-0.3, -0.25) is 14.5 Å². The molecule has 1 amide bonds. The van der Waals surface area contributed by atoms with Gasteiger partial charge in [0.2, 0.25) is 0 Å². The Balaban J connectivity index is 1.94. The molecule has 0 aliphatic carbocycles. The summed E-state index contributed by atoms with van der Waals surface area (Å²) in [5, 5.41) is 30.1. The van der Waals surface area contributed by atoms with Crippen molar-refractivity contribution in [2.75, 3.05) is 4.90 Å². The van der Waals surface area contributed by atoms with Crippen LogP contribution in [-0.4, -0.2) is 21.9 Å². The van der Waals surface area contributed by atoms with E-state index in [-0.39, 0.29) is 17.1 Å². The molecule has 0 bridgehead atoms. The van der Waals surface area contributed by atoms with Crippen LogP contribution in [0.2, 0.25) is 0 Å². The Morgan fingerprint density at radius 3 is 2.29 bits per heavy atom. The lowest BCUT2D eigenvalue weighted by Gasteiger charge is -2.25. The zero-order valence-corrected chi connectivity index (χ0v) is 17.6. The number of anilines is 1. The Hall–Kier alpha value is -3.89. The van der Waals surface area contributed by atoms with Gasteiger partial charge in [-0.05, 0) is 54.1 Å². The average molecular weight is 475 g/mol. The van der Waals surface area contributed by atoms with E-state index in [9.17, 15) is 19.8 Å². The highest BCUT2D eigenvalue weighted by Crippen LogP contribution is 2.42. The van der Waals surface area contributed by atoms with Crippen LogP contribution in [0.15, 0.2) is 82.8 Å². The summed E-state index contributed by atoms with van der Waals surface area (Å²) in [7, 11) is 0. The molecule has 0 spiro atoms. The molecule has 0 radical (unpaired) electrons. The van der Waals surface area contributed by atoms with E-state index in [1.54, 1.807) is 60.7 Å². The molecule has 152 valence electrons. The number of amides is 1. The molecule has 3 aromatic rings. The summed E-state index contributed by atoms with van der Waals surface area (Å²) in [4.78, 5) is 27.3. The molecular formula is C24H15BrN2O4. The van der Waals surface area contributed by atoms with E-state index in [4.69, 9.17) is 5.26 Å². The number of nitrogens with zero attached hydrogens (tertiary/aromatic N) is 2. The normalized spacial score (nSPS) is 17.5. The Labute approximate surface area is 186 Å². The zero-order valence-electron chi connectivity index (χ0n) is 16.0. The lowest BCUT2D eigenvalue weighted by Crippen LogP contribution is -2.29. The number of hydrogen-bond acceptors (Lipinski definition) is 5. The fraction of sp³-hybridized carbons (Fsp3) is 0.0417. The van der Waals surface area contributed by atoms with Crippen LogP contribution < -0.4 is 4.90 Å². The maximum absolute atomic E-state index is 13.0. The van der Waals surface area contributed by atoms with Gasteiger partial charge in [0.15, 0.2) is 0 Å². The number of carbonyl (C=O) groups is 2. The number of carbonyl (C=O) groups excluding carboxylic acids is 2. The number of benzene rings is 3. The molecule has 0 saturated carbocycles. The van der Waals surface area contributed by atoms with Crippen molar-refractivity contribution < 1.29 is 19.8 Å². The van der Waals surface area contributed by atoms with Gasteiger partial charge in [-0.1, -0.05) is 40.2 Å². The van der Waals surface area contributed by atoms with Crippen molar-refractivity contribution in [1.82, 2.24) is 0 Å². The number of hydrogen-bond donors (Lipinski definition) is 2. The predicted molar refractivity (Wildman–Crippen MR) is 118 cm³/mol. The van der Waals surface area contributed by atoms with E-state index >= 15 is 0 Å². The van der Waals surface area contributed by atoms with Crippen LogP contribution in [0.25, 0.3) is 5.76 Å². The summed E-state index contributed by atoms with van der Waals surface area (Å²) in [5.41, 5.74) is 1.56. The molecule has 1 fully saturated rings. The van der Waals surface area contributed by atoms with Gasteiger partial charge in [0.25, 0.3) is 11.7 Å². The smallest absolute Gasteiger partial charge is 0.300 e. The molecule has 31 heavy (non-hydrogen) atoms. The van der Waals surface area contributed by atoms with Gasteiger partial charge in [-0.15, -0.1) is 0 Å². The number of ketones is 1. The Kier molecular flexibility index (Phi) is 5.32. The van der Waals surface area contributed by atoms with Crippen molar-refractivity contribution in [2.24, 2.45) is 0 Å². The third kappa shape index (κ3) is 3.69. The standard InChI is InChI=1S/C24H15BrN2O4/c25-17-8-6-15(7-9-17)22(29)20-21(16-2-1-3-19(28)12-16)27(24(31)23(20)30)18-10-4-14(13-26)5-11-18/h1-12,21,28-29H/b22-20-. The first-order valence-electron chi connectivity index (χ1n) is 9.26. The molecule has 4 rings (SSSR count). The van der Waals surface area contributed by atoms with Crippen LogP contribution in [0, 0.1) is 11.3 Å². The summed E-state index contributed by atoms with van der Waals surface area (Å²) in [6.45, 7) is 0. The number of aromatic hydroxyl groups is 1. The Morgan fingerprint density at radius 2 is 1.68 bits per heavy atom. The van der Waals surface area contributed by atoms with E-state index in [1.165, 1.54) is 17.0 Å². The van der Waals surface area contributed by atoms with E-state index in [2.05, 4.69) is 15.9 Å². The van der Waals surface area contributed by atoms with Gasteiger partial charge in [0, 0.05) is 15.7 Å². The van der Waals surface area contributed by atoms with E-state index in [0.717, 1.165) is 4.47 Å². The second kappa shape index (κ2) is 8.09. The number of halogens is 1. The highest BCUT2D eigenvalue weighted by molar-refractivity contribution is 9.10. The summed E-state index contributed by atoms with van der Waals surface area (Å²) >= 11 is 3.33. The lowest BCUT2D eigenvalue weighted by atomic mass is 9.95. The number of aliphatic hydroxyl groups excluding tert-OH is 1. The first-order valence-corrected chi connectivity index (χ1v) is 10.1. The van der Waals surface area contributed by atoms with Crippen molar-refractivity contribution in [2.45, 2.75) is 6.04 Å². The SMILES string of the molecule is N#Cc1ccc(N2C(=O)C(=O)/C(=C(\O)c3ccc(Br)cc3)C2c2cccc(O)c2)cc1. The van der Waals surface area contributed by atoms with Gasteiger partial charge in [-0.25, -0.2) is 0 Å². The number of Topliss-reactive ketones (excluding diaryl/α,β-unsaturated/α-hetero) is 1. The highest BCUT2D eigenvalue weighted by Gasteiger charge is 2.47. The first kappa shape index (κ1) is 20.4. The van der Waals surface area contributed by atoms with Gasteiger partial charge in [-0.2, -0.15) is 5.26 Å². The summed E-state index contributed by atoms with van der Waals surface area (Å²) in [6, 6.07) is 20.2. The molecule has 0 aromatic heterocycles. The maximum atomic E-state index is 13.0. The van der Waals surface area contributed by atoms with Crippen LogP contribution in [-0.2, 0) is 9.59 Å². The fourth-order valence-corrected chi connectivity index (χ4v) is 3.83. The van der Waals surface area contributed by atoms with Gasteiger partial charge in [0.1, 0.15) is 11.5 Å². The van der Waals surface area contributed by atoms with Crippen molar-refractivity contribution in [3.05, 3.63) is 99.5 Å². The van der Waals surface area contributed by atoms with Crippen LogP contribution >= 0.6 is 15.9 Å². The summed E-state index contributed by atoms with van der Waals surface area (Å²) in [5.74, 6) is -1.99. The summed E-state index contributed by atoms with van der Waals surface area (Å²) < 4.78 is 0.798. The van der Waals surface area contributed by atoms with Crippen molar-refractivity contribution in [3.63, 3.8) is 0 Å². The molecular weight excluding hydrogens is 460 g/mol. The third-order valence-corrected chi connectivity index (χ3v) is 5.55. The number of rotatable bonds is 3. The molecule has 1 heterocycles. The van der Waals surface area contributed by atoms with Gasteiger partial charge in [0.05, 0.1) is 23.2 Å². The van der Waals surface area contributed by atoms with Gasteiger partial charge < -0.3 is 10.2 Å². The molecule has 1 aliphatic heterocycles. The van der Waals surface area contributed by atoms with Gasteiger partial charge >= 0.3 is 0 Å². The summed E-state index contributed by atoms with van der Waals surface area (Å²) in [6.07, 6.45) is 0. The Morgan fingerprint density at radius 1 is 1.00 bits per heavy atom. The third-order valence-electron chi connectivity index (χ3n) is 5.02. The topological polar surface area (TPSA) is 102 Å². The lowest BCUT2D eigenvalue weighted by molar-refractivity contribution is -0.132. The zero-order chi connectivity index (χ0) is 22.1. The van der Waals surface area contributed by atoms with Crippen LogP contribution in [0.3, 0.4) is 0 Å². The molecule has 7 heteroatoms. The molecule has 3 aromatic carbocycles. The Bertz CT molecular complexity index is 1260. The van der Waals surface area contributed by atoms with E-state index < -0.39 is 17.7 Å². The monoisotopic (exact) mass is 474 g/mol. The van der Waals surface area contributed by atoms with Crippen LogP contribution in [0.1, 0.15) is 22.7 Å². The van der Waals surface area contributed by atoms with Crippen molar-refractivity contribution in [3.8, 4) is 11.8 Å². The average Bonchev–Trinajstić information content (AvgIpc) is 3.04. The second-order valence-corrected chi connectivity index (χ2v) is 7.85. The minimum atomic E-state index is -0.955. The minimum absolute atomic E-state index is 0.0356. The van der Waals surface area contributed by atoms with E-state index in [0.29, 0.717) is 22.4 Å². The van der Waals surface area contributed by atoms with E-state index in [1.807, 2.05) is 6.07 Å².